The molecule has 0 radical (unpaired) electrons. The molecule has 0 N–H and O–H groups in total. The van der Waals surface area contributed by atoms with Gasteiger partial charge in [-0.1, -0.05) is 70.9 Å². The lowest BCUT2D eigenvalue weighted by Gasteiger charge is -2.27. The van der Waals surface area contributed by atoms with Crippen LogP contribution in [-0.4, -0.2) is 36.7 Å². The molecule has 1 unspecified atom stereocenters. The SMILES string of the molecule is CCCCCC(CCC)c1ccc(OCCC[Si](OC)(OC)OC)c(C2CCCCC2)c1. The van der Waals surface area contributed by atoms with Crippen molar-refractivity contribution in [1.82, 2.24) is 0 Å². The standard InChI is InChI=1S/C27H48O4Si/c1-6-8-10-15-23(14-7-2)25-18-19-27(26(22-25)24-16-11-9-12-17-24)31-20-13-21-32(28-3,29-4)30-5/h18-19,22-24H,6-17,20-21H2,1-5H3. The largest absolute Gasteiger partial charge is 0.500 e. The molecule has 0 spiro atoms. The first-order valence-corrected chi connectivity index (χ1v) is 15.0. The summed E-state index contributed by atoms with van der Waals surface area (Å²) in [5, 5.41) is 0. The quantitative estimate of drug-likeness (QED) is 0.184. The minimum absolute atomic E-state index is 0.641. The molecule has 1 atom stereocenters. The first-order chi connectivity index (χ1) is 15.6. The van der Waals surface area contributed by atoms with E-state index in [1.165, 1.54) is 81.8 Å². The van der Waals surface area contributed by atoms with Gasteiger partial charge in [0.1, 0.15) is 5.75 Å². The fourth-order valence-electron chi connectivity index (χ4n) is 5.18. The van der Waals surface area contributed by atoms with Crippen molar-refractivity contribution in [3.63, 3.8) is 0 Å². The molecule has 5 heteroatoms. The van der Waals surface area contributed by atoms with E-state index in [4.69, 9.17) is 18.0 Å². The maximum Gasteiger partial charge on any atom is 0.500 e. The summed E-state index contributed by atoms with van der Waals surface area (Å²) in [4.78, 5) is 0. The highest BCUT2D eigenvalue weighted by Gasteiger charge is 2.37. The van der Waals surface area contributed by atoms with Gasteiger partial charge in [0.05, 0.1) is 6.61 Å². The normalized spacial score (nSPS) is 16.3. The van der Waals surface area contributed by atoms with Gasteiger partial charge in [0.25, 0.3) is 0 Å². The molecule has 0 aliphatic heterocycles. The van der Waals surface area contributed by atoms with Gasteiger partial charge in [0, 0.05) is 27.4 Å². The van der Waals surface area contributed by atoms with Crippen molar-refractivity contribution in [2.24, 2.45) is 0 Å². The third kappa shape index (κ3) is 8.16. The molecule has 1 saturated carbocycles. The monoisotopic (exact) mass is 464 g/mol. The second-order valence-corrected chi connectivity index (χ2v) is 12.5. The van der Waals surface area contributed by atoms with Crippen LogP contribution in [0.25, 0.3) is 0 Å². The number of hydrogen-bond donors (Lipinski definition) is 0. The third-order valence-corrected chi connectivity index (χ3v) is 9.99. The Morgan fingerprint density at radius 1 is 0.875 bits per heavy atom. The summed E-state index contributed by atoms with van der Waals surface area (Å²) >= 11 is 0. The van der Waals surface area contributed by atoms with Gasteiger partial charge in [0.2, 0.25) is 0 Å². The van der Waals surface area contributed by atoms with Crippen LogP contribution in [0, 0.1) is 0 Å². The van der Waals surface area contributed by atoms with Crippen LogP contribution in [0.1, 0.15) is 114 Å². The van der Waals surface area contributed by atoms with Crippen molar-refractivity contribution in [3.8, 4) is 5.75 Å². The first kappa shape index (κ1) is 27.4. The molecule has 0 bridgehead atoms. The van der Waals surface area contributed by atoms with E-state index in [0.29, 0.717) is 18.4 Å². The van der Waals surface area contributed by atoms with Gasteiger partial charge in [-0.25, -0.2) is 0 Å². The summed E-state index contributed by atoms with van der Waals surface area (Å²) < 4.78 is 23.0. The van der Waals surface area contributed by atoms with E-state index in [1.54, 1.807) is 21.3 Å². The van der Waals surface area contributed by atoms with Crippen LogP contribution in [0.4, 0.5) is 0 Å². The number of ether oxygens (including phenoxy) is 1. The van der Waals surface area contributed by atoms with Crippen molar-refractivity contribution < 1.29 is 18.0 Å². The van der Waals surface area contributed by atoms with Crippen LogP contribution in [0.3, 0.4) is 0 Å². The van der Waals surface area contributed by atoms with Gasteiger partial charge in [-0.05, 0) is 61.1 Å². The Kier molecular flexibility index (Phi) is 12.9. The van der Waals surface area contributed by atoms with E-state index in [-0.39, 0.29) is 0 Å². The van der Waals surface area contributed by atoms with Crippen LogP contribution in [0.5, 0.6) is 5.75 Å². The van der Waals surface area contributed by atoms with Gasteiger partial charge in [-0.2, -0.15) is 0 Å². The van der Waals surface area contributed by atoms with Crippen LogP contribution < -0.4 is 4.74 Å². The Morgan fingerprint density at radius 2 is 1.59 bits per heavy atom. The van der Waals surface area contributed by atoms with Crippen LogP contribution in [-0.2, 0) is 13.3 Å². The topological polar surface area (TPSA) is 36.9 Å². The molecule has 0 amide bonds. The summed E-state index contributed by atoms with van der Waals surface area (Å²) in [7, 11) is 2.49. The van der Waals surface area contributed by atoms with Crippen LogP contribution >= 0.6 is 0 Å². The molecule has 4 nitrogen and oxygen atoms in total. The highest BCUT2D eigenvalue weighted by Crippen LogP contribution is 2.40. The first-order valence-electron chi connectivity index (χ1n) is 13.0. The number of rotatable bonds is 16. The Bertz CT molecular complexity index is 618. The van der Waals surface area contributed by atoms with Crippen LogP contribution in [0.15, 0.2) is 18.2 Å². The third-order valence-electron chi connectivity index (χ3n) is 7.16. The van der Waals surface area contributed by atoms with E-state index in [1.807, 2.05) is 0 Å². The smallest absolute Gasteiger partial charge is 0.493 e. The van der Waals surface area contributed by atoms with Gasteiger partial charge < -0.3 is 18.0 Å². The van der Waals surface area contributed by atoms with Crippen molar-refractivity contribution in [2.45, 2.75) is 109 Å². The summed E-state index contributed by atoms with van der Waals surface area (Å²) in [5.41, 5.74) is 2.98. The Balaban J connectivity index is 2.13. The molecule has 184 valence electrons. The van der Waals surface area contributed by atoms with Crippen LogP contribution in [0.2, 0.25) is 6.04 Å². The Hall–Kier alpha value is -0.883. The minimum Gasteiger partial charge on any atom is -0.493 e. The highest BCUT2D eigenvalue weighted by molar-refractivity contribution is 6.60. The summed E-state index contributed by atoms with van der Waals surface area (Å²) in [5.74, 6) is 2.41. The van der Waals surface area contributed by atoms with Crippen molar-refractivity contribution >= 4 is 8.80 Å². The fraction of sp³-hybridized carbons (Fsp3) is 0.778. The van der Waals surface area contributed by atoms with Crippen molar-refractivity contribution in [2.75, 3.05) is 27.9 Å². The number of hydrogen-bond acceptors (Lipinski definition) is 4. The molecule has 1 aliphatic carbocycles. The van der Waals surface area contributed by atoms with Crippen molar-refractivity contribution in [1.29, 1.82) is 0 Å². The van der Waals surface area contributed by atoms with Gasteiger partial charge in [0.15, 0.2) is 0 Å². The average Bonchev–Trinajstić information content (AvgIpc) is 2.85. The Morgan fingerprint density at radius 3 is 2.22 bits per heavy atom. The van der Waals surface area contributed by atoms with Gasteiger partial charge in [-0.15, -0.1) is 0 Å². The predicted octanol–water partition coefficient (Wildman–Crippen LogP) is 7.85. The number of unbranched alkanes of at least 4 members (excludes halogenated alkanes) is 2. The Labute approximate surface area is 198 Å². The van der Waals surface area contributed by atoms with E-state index >= 15 is 0 Å². The maximum absolute atomic E-state index is 6.37. The zero-order valence-electron chi connectivity index (χ0n) is 21.4. The van der Waals surface area contributed by atoms with E-state index in [9.17, 15) is 0 Å². The molecule has 2 rings (SSSR count). The molecule has 1 aliphatic rings. The zero-order chi connectivity index (χ0) is 23.2. The molecule has 0 saturated heterocycles. The lowest BCUT2D eigenvalue weighted by Crippen LogP contribution is -2.42. The number of benzene rings is 1. The highest BCUT2D eigenvalue weighted by atomic mass is 28.4. The lowest BCUT2D eigenvalue weighted by atomic mass is 9.81. The fourth-order valence-corrected chi connectivity index (χ4v) is 6.87. The molecule has 0 heterocycles. The molecule has 1 fully saturated rings. The second kappa shape index (κ2) is 15.1. The predicted molar refractivity (Wildman–Crippen MR) is 136 cm³/mol. The summed E-state index contributed by atoms with van der Waals surface area (Å²) in [6, 6.07) is 7.88. The zero-order valence-corrected chi connectivity index (χ0v) is 22.4. The molecular formula is C27H48O4Si. The van der Waals surface area contributed by atoms with Crippen molar-refractivity contribution in [3.05, 3.63) is 29.3 Å². The van der Waals surface area contributed by atoms with E-state index in [0.717, 1.165) is 18.2 Å². The van der Waals surface area contributed by atoms with E-state index < -0.39 is 8.80 Å². The summed E-state index contributed by atoms with van der Waals surface area (Å²) in [6.45, 7) is 5.27. The average molecular weight is 465 g/mol. The molecule has 32 heavy (non-hydrogen) atoms. The molecule has 0 aromatic heterocycles. The summed E-state index contributed by atoms with van der Waals surface area (Å²) in [6.07, 6.45) is 15.3. The van der Waals surface area contributed by atoms with E-state index in [2.05, 4.69) is 32.0 Å². The molecule has 1 aromatic carbocycles. The van der Waals surface area contributed by atoms with Gasteiger partial charge >= 0.3 is 8.80 Å². The minimum atomic E-state index is -2.53. The maximum atomic E-state index is 6.37. The molecule has 1 aromatic rings. The second-order valence-electron chi connectivity index (χ2n) is 9.36. The molecular weight excluding hydrogens is 416 g/mol. The lowest BCUT2D eigenvalue weighted by molar-refractivity contribution is 0.121. The van der Waals surface area contributed by atoms with Gasteiger partial charge in [-0.3, -0.25) is 0 Å².